The van der Waals surface area contributed by atoms with Crippen LogP contribution in [0.3, 0.4) is 0 Å². The van der Waals surface area contributed by atoms with E-state index < -0.39 is 0 Å². The summed E-state index contributed by atoms with van der Waals surface area (Å²) in [6.45, 7) is 2.84. The van der Waals surface area contributed by atoms with Gasteiger partial charge in [-0.15, -0.1) is 0 Å². The molecule has 2 rings (SSSR count). The van der Waals surface area contributed by atoms with Gasteiger partial charge in [-0.1, -0.05) is 0 Å². The number of rotatable bonds is 4. The van der Waals surface area contributed by atoms with Gasteiger partial charge in [0.05, 0.1) is 12.0 Å². The van der Waals surface area contributed by atoms with E-state index in [0.29, 0.717) is 12.6 Å². The molecule has 1 atom stereocenters. The monoisotopic (exact) mass is 216 g/mol. The molecule has 2 aromatic heterocycles. The second kappa shape index (κ2) is 4.90. The van der Waals surface area contributed by atoms with Crippen LogP contribution in [0, 0.1) is 0 Å². The lowest BCUT2D eigenvalue weighted by Crippen LogP contribution is -2.09. The maximum atomic E-state index is 5.54. The third kappa shape index (κ3) is 2.28. The van der Waals surface area contributed by atoms with Crippen molar-refractivity contribution in [2.75, 3.05) is 6.54 Å². The van der Waals surface area contributed by atoms with E-state index in [1.165, 1.54) is 0 Å². The van der Waals surface area contributed by atoms with Gasteiger partial charge < -0.3 is 10.3 Å². The zero-order valence-corrected chi connectivity index (χ0v) is 9.37. The van der Waals surface area contributed by atoms with Crippen molar-refractivity contribution in [2.24, 2.45) is 5.73 Å². The van der Waals surface area contributed by atoms with Crippen LogP contribution in [0.15, 0.2) is 37.1 Å². The van der Waals surface area contributed by atoms with Crippen molar-refractivity contribution in [3.05, 3.63) is 37.1 Å². The Morgan fingerprint density at radius 2 is 2.38 bits per heavy atom. The van der Waals surface area contributed by atoms with Gasteiger partial charge in [0.1, 0.15) is 0 Å². The minimum absolute atomic E-state index is 0.392. The Balaban J connectivity index is 2.20. The molecule has 0 saturated heterocycles. The predicted molar refractivity (Wildman–Crippen MR) is 63.8 cm³/mol. The second-order valence-electron chi connectivity index (χ2n) is 3.87. The van der Waals surface area contributed by atoms with Gasteiger partial charge in [-0.3, -0.25) is 4.98 Å². The van der Waals surface area contributed by atoms with E-state index >= 15 is 0 Å². The number of aromatic nitrogens is 3. The van der Waals surface area contributed by atoms with E-state index in [1.807, 2.05) is 30.9 Å². The molecule has 84 valence electrons. The summed E-state index contributed by atoms with van der Waals surface area (Å²) in [6, 6.07) is 4.31. The van der Waals surface area contributed by atoms with Gasteiger partial charge in [0.2, 0.25) is 0 Å². The van der Waals surface area contributed by atoms with Crippen molar-refractivity contribution in [1.29, 1.82) is 0 Å². The average molecular weight is 216 g/mol. The average Bonchev–Trinajstić information content (AvgIpc) is 2.80. The molecule has 0 fully saturated rings. The maximum absolute atomic E-state index is 5.54. The van der Waals surface area contributed by atoms with Crippen molar-refractivity contribution in [3.63, 3.8) is 0 Å². The van der Waals surface area contributed by atoms with Gasteiger partial charge in [0.15, 0.2) is 0 Å². The summed E-state index contributed by atoms with van der Waals surface area (Å²) >= 11 is 0. The first-order chi connectivity index (χ1) is 7.81. The van der Waals surface area contributed by atoms with E-state index in [1.54, 1.807) is 6.20 Å². The molecule has 4 nitrogen and oxygen atoms in total. The molecule has 2 heterocycles. The molecule has 0 unspecified atom stereocenters. The zero-order valence-electron chi connectivity index (χ0n) is 9.37. The summed E-state index contributed by atoms with van der Waals surface area (Å²) in [5.74, 6) is 0. The van der Waals surface area contributed by atoms with Gasteiger partial charge in [-0.05, 0) is 32.0 Å². The van der Waals surface area contributed by atoms with Gasteiger partial charge in [0, 0.05) is 30.2 Å². The van der Waals surface area contributed by atoms with E-state index in [2.05, 4.69) is 21.5 Å². The third-order valence-electron chi connectivity index (χ3n) is 2.65. The van der Waals surface area contributed by atoms with Crippen molar-refractivity contribution < 1.29 is 0 Å². The summed E-state index contributed by atoms with van der Waals surface area (Å²) in [5.41, 5.74) is 7.54. The van der Waals surface area contributed by atoms with E-state index in [-0.39, 0.29) is 0 Å². The molecule has 0 bridgehead atoms. The van der Waals surface area contributed by atoms with Gasteiger partial charge in [-0.25, -0.2) is 4.98 Å². The quantitative estimate of drug-likeness (QED) is 0.848. The fraction of sp³-hybridized carbons (Fsp3) is 0.333. The van der Waals surface area contributed by atoms with Crippen molar-refractivity contribution in [1.82, 2.24) is 14.5 Å². The van der Waals surface area contributed by atoms with Crippen LogP contribution in [0.25, 0.3) is 11.3 Å². The van der Waals surface area contributed by atoms with Crippen molar-refractivity contribution in [3.8, 4) is 11.3 Å². The highest BCUT2D eigenvalue weighted by Crippen LogP contribution is 2.18. The van der Waals surface area contributed by atoms with E-state index in [0.717, 1.165) is 17.7 Å². The summed E-state index contributed by atoms with van der Waals surface area (Å²) in [7, 11) is 0. The normalized spacial score (nSPS) is 12.6. The molecule has 0 aromatic carbocycles. The number of pyridine rings is 1. The predicted octanol–water partition coefficient (Wildman–Crippen LogP) is 1.85. The van der Waals surface area contributed by atoms with Crippen LogP contribution < -0.4 is 5.73 Å². The Hall–Kier alpha value is -1.68. The molecule has 0 amide bonds. The van der Waals surface area contributed by atoms with Gasteiger partial charge in [0.25, 0.3) is 0 Å². The minimum atomic E-state index is 0.392. The van der Waals surface area contributed by atoms with Crippen molar-refractivity contribution >= 4 is 0 Å². The van der Waals surface area contributed by atoms with E-state index in [9.17, 15) is 0 Å². The Kier molecular flexibility index (Phi) is 3.31. The van der Waals surface area contributed by atoms with E-state index in [4.69, 9.17) is 5.73 Å². The molecule has 4 heteroatoms. The maximum Gasteiger partial charge on any atom is 0.0956 e. The smallest absolute Gasteiger partial charge is 0.0956 e. The molecule has 0 aliphatic heterocycles. The lowest BCUT2D eigenvalue weighted by atomic mass is 10.2. The highest BCUT2D eigenvalue weighted by atomic mass is 15.1. The van der Waals surface area contributed by atoms with Crippen LogP contribution in [0.1, 0.15) is 19.4 Å². The molecule has 0 aliphatic carbocycles. The topological polar surface area (TPSA) is 56.7 Å². The zero-order chi connectivity index (χ0) is 11.4. The van der Waals surface area contributed by atoms with Crippen LogP contribution in [0.5, 0.6) is 0 Å². The SMILES string of the molecule is C[C@H](CCN)n1cnc(-c2cccnc2)c1. The second-order valence-corrected chi connectivity index (χ2v) is 3.87. The lowest BCUT2D eigenvalue weighted by Gasteiger charge is -2.10. The Labute approximate surface area is 95.1 Å². The van der Waals surface area contributed by atoms with Crippen LogP contribution in [0.2, 0.25) is 0 Å². The van der Waals surface area contributed by atoms with Crippen molar-refractivity contribution in [2.45, 2.75) is 19.4 Å². The lowest BCUT2D eigenvalue weighted by molar-refractivity contribution is 0.513. The third-order valence-corrected chi connectivity index (χ3v) is 2.65. The number of nitrogens with zero attached hydrogens (tertiary/aromatic N) is 3. The minimum Gasteiger partial charge on any atom is -0.334 e. The molecule has 16 heavy (non-hydrogen) atoms. The van der Waals surface area contributed by atoms with Crippen LogP contribution in [0.4, 0.5) is 0 Å². The first kappa shape index (κ1) is 10.8. The Bertz CT molecular complexity index is 435. The molecular formula is C12H16N4. The fourth-order valence-corrected chi connectivity index (χ4v) is 1.63. The first-order valence-corrected chi connectivity index (χ1v) is 5.45. The molecule has 0 saturated carbocycles. The fourth-order valence-electron chi connectivity index (χ4n) is 1.63. The summed E-state index contributed by atoms with van der Waals surface area (Å²) < 4.78 is 2.09. The van der Waals surface area contributed by atoms with Crippen LogP contribution in [-0.4, -0.2) is 21.1 Å². The molecule has 0 aliphatic rings. The van der Waals surface area contributed by atoms with Crippen LogP contribution >= 0.6 is 0 Å². The number of hydrogen-bond acceptors (Lipinski definition) is 3. The highest BCUT2D eigenvalue weighted by molar-refractivity contribution is 5.56. The van der Waals surface area contributed by atoms with Gasteiger partial charge >= 0.3 is 0 Å². The molecular weight excluding hydrogens is 200 g/mol. The molecule has 0 radical (unpaired) electrons. The summed E-state index contributed by atoms with van der Waals surface area (Å²) in [4.78, 5) is 8.45. The molecule has 2 aromatic rings. The molecule has 0 spiro atoms. The highest BCUT2D eigenvalue weighted by Gasteiger charge is 2.06. The van der Waals surface area contributed by atoms with Gasteiger partial charge in [-0.2, -0.15) is 0 Å². The first-order valence-electron chi connectivity index (χ1n) is 5.45. The summed E-state index contributed by atoms with van der Waals surface area (Å²) in [6.07, 6.45) is 8.43. The Morgan fingerprint density at radius 1 is 1.50 bits per heavy atom. The standard InChI is InChI=1S/C12H16N4/c1-10(4-5-13)16-8-12(15-9-16)11-3-2-6-14-7-11/h2-3,6-10H,4-5,13H2,1H3/t10-/m1/s1. The Morgan fingerprint density at radius 3 is 3.06 bits per heavy atom. The summed E-state index contributed by atoms with van der Waals surface area (Å²) in [5, 5.41) is 0. The number of nitrogens with two attached hydrogens (primary N) is 1. The largest absolute Gasteiger partial charge is 0.334 e. The van der Waals surface area contributed by atoms with Crippen LogP contribution in [-0.2, 0) is 0 Å². The number of hydrogen-bond donors (Lipinski definition) is 1. The molecule has 2 N–H and O–H groups in total. The number of imidazole rings is 1.